The van der Waals surface area contributed by atoms with Crippen LogP contribution in [0.1, 0.15) is 30.4 Å². The number of amides is 1. The summed E-state index contributed by atoms with van der Waals surface area (Å²) >= 11 is 0. The van der Waals surface area contributed by atoms with Gasteiger partial charge in [-0.1, -0.05) is 24.8 Å². The van der Waals surface area contributed by atoms with Gasteiger partial charge in [-0.15, -0.1) is 6.58 Å². The molecule has 2 aliphatic rings. The fraction of sp³-hybridized carbons (Fsp3) is 0.400. The molecule has 0 spiro atoms. The van der Waals surface area contributed by atoms with Gasteiger partial charge in [0.1, 0.15) is 6.61 Å². The highest BCUT2D eigenvalue weighted by atomic mass is 16.7. The van der Waals surface area contributed by atoms with E-state index in [1.165, 1.54) is 6.08 Å². The van der Waals surface area contributed by atoms with Gasteiger partial charge in [-0.05, 0) is 24.6 Å². The molecule has 0 aliphatic carbocycles. The first-order valence-corrected chi connectivity index (χ1v) is 8.70. The Morgan fingerprint density at radius 3 is 2.69 bits per heavy atom. The molecule has 6 heteroatoms. The van der Waals surface area contributed by atoms with E-state index in [4.69, 9.17) is 14.2 Å². The normalized spacial score (nSPS) is 20.7. The standard InChI is InChI=1S/C20H23NO5/c1-4-9-20(25-11-12-26-20)14-7-8-16-15(13-14)17(18(22)21(16)6-3)19(23)24-10-5-2/h4-5,7-8,13,17H,1-2,6,9-12H2,3H3. The van der Waals surface area contributed by atoms with E-state index in [0.29, 0.717) is 37.4 Å². The summed E-state index contributed by atoms with van der Waals surface area (Å²) in [4.78, 5) is 26.8. The van der Waals surface area contributed by atoms with E-state index < -0.39 is 17.7 Å². The second-order valence-electron chi connectivity index (χ2n) is 6.15. The zero-order chi connectivity index (χ0) is 18.7. The van der Waals surface area contributed by atoms with Gasteiger partial charge < -0.3 is 19.1 Å². The molecule has 1 fully saturated rings. The summed E-state index contributed by atoms with van der Waals surface area (Å²) in [7, 11) is 0. The van der Waals surface area contributed by atoms with Crippen LogP contribution in [0.15, 0.2) is 43.5 Å². The van der Waals surface area contributed by atoms with E-state index in [2.05, 4.69) is 13.2 Å². The number of hydrogen-bond donors (Lipinski definition) is 0. The Bertz CT molecular complexity index is 736. The molecule has 3 rings (SSSR count). The van der Waals surface area contributed by atoms with Gasteiger partial charge in [0.05, 0.1) is 13.2 Å². The van der Waals surface area contributed by atoms with Gasteiger partial charge in [0, 0.05) is 24.2 Å². The van der Waals surface area contributed by atoms with Crippen molar-refractivity contribution < 1.29 is 23.8 Å². The average molecular weight is 357 g/mol. The van der Waals surface area contributed by atoms with E-state index in [1.54, 1.807) is 11.0 Å². The summed E-state index contributed by atoms with van der Waals surface area (Å²) in [6.07, 6.45) is 3.69. The van der Waals surface area contributed by atoms with Crippen molar-refractivity contribution in [3.63, 3.8) is 0 Å². The SMILES string of the molecule is C=CCOC(=O)C1C(=O)N(CC)c2ccc(C3(CC=C)OCCO3)cc21. The number of fused-ring (bicyclic) bond motifs is 1. The maximum absolute atomic E-state index is 12.8. The summed E-state index contributed by atoms with van der Waals surface area (Å²) in [5, 5.41) is 0. The minimum absolute atomic E-state index is 0.0659. The van der Waals surface area contributed by atoms with Crippen LogP contribution in [0.4, 0.5) is 5.69 Å². The van der Waals surface area contributed by atoms with Gasteiger partial charge >= 0.3 is 5.97 Å². The molecule has 1 amide bonds. The smallest absolute Gasteiger partial charge is 0.323 e. The molecule has 6 nitrogen and oxygen atoms in total. The molecule has 138 valence electrons. The second-order valence-corrected chi connectivity index (χ2v) is 6.15. The number of hydrogen-bond acceptors (Lipinski definition) is 5. The fourth-order valence-corrected chi connectivity index (χ4v) is 3.50. The van der Waals surface area contributed by atoms with Gasteiger partial charge in [0.25, 0.3) is 0 Å². The van der Waals surface area contributed by atoms with Gasteiger partial charge in [-0.3, -0.25) is 9.59 Å². The Balaban J connectivity index is 2.03. The third-order valence-corrected chi connectivity index (χ3v) is 4.64. The highest BCUT2D eigenvalue weighted by Gasteiger charge is 2.45. The lowest BCUT2D eigenvalue weighted by Crippen LogP contribution is -2.32. The summed E-state index contributed by atoms with van der Waals surface area (Å²) in [5.74, 6) is -2.75. The number of anilines is 1. The van der Waals surface area contributed by atoms with Crippen LogP contribution in [0.25, 0.3) is 0 Å². The van der Waals surface area contributed by atoms with Crippen LogP contribution in [0.2, 0.25) is 0 Å². The lowest BCUT2D eigenvalue weighted by molar-refractivity contribution is -0.162. The van der Waals surface area contributed by atoms with Gasteiger partial charge in [0.2, 0.25) is 5.91 Å². The van der Waals surface area contributed by atoms with Gasteiger partial charge in [-0.25, -0.2) is 0 Å². The number of benzene rings is 1. The molecule has 1 unspecified atom stereocenters. The number of rotatable bonds is 7. The number of carbonyl (C=O) groups excluding carboxylic acids is 2. The highest BCUT2D eigenvalue weighted by Crippen LogP contribution is 2.43. The summed E-state index contributed by atoms with van der Waals surface area (Å²) in [5.41, 5.74) is 2.10. The Morgan fingerprint density at radius 1 is 1.35 bits per heavy atom. The van der Waals surface area contributed by atoms with E-state index >= 15 is 0 Å². The number of ether oxygens (including phenoxy) is 3. The average Bonchev–Trinajstić information content (AvgIpc) is 3.22. The maximum Gasteiger partial charge on any atom is 0.323 e. The molecule has 0 bridgehead atoms. The van der Waals surface area contributed by atoms with Crippen molar-refractivity contribution in [2.75, 3.05) is 31.3 Å². The molecular weight excluding hydrogens is 334 g/mol. The number of carbonyl (C=O) groups is 2. The van der Waals surface area contributed by atoms with Crippen molar-refractivity contribution in [1.82, 2.24) is 0 Å². The first kappa shape index (κ1) is 18.4. The molecular formula is C20H23NO5. The molecule has 0 saturated carbocycles. The van der Waals surface area contributed by atoms with Crippen molar-refractivity contribution in [3.8, 4) is 0 Å². The van der Waals surface area contributed by atoms with Crippen LogP contribution < -0.4 is 4.90 Å². The monoisotopic (exact) mass is 357 g/mol. The minimum Gasteiger partial charge on any atom is -0.461 e. The first-order chi connectivity index (χ1) is 12.6. The molecule has 2 aliphatic heterocycles. The maximum atomic E-state index is 12.8. The third-order valence-electron chi connectivity index (χ3n) is 4.64. The van der Waals surface area contributed by atoms with Crippen LogP contribution in [-0.4, -0.2) is 38.2 Å². The first-order valence-electron chi connectivity index (χ1n) is 8.70. The predicted molar refractivity (Wildman–Crippen MR) is 96.8 cm³/mol. The molecule has 0 aromatic heterocycles. The summed E-state index contributed by atoms with van der Waals surface area (Å²) in [6, 6.07) is 5.53. The molecule has 0 N–H and O–H groups in total. The Kier molecular flexibility index (Phi) is 5.25. The van der Waals surface area contributed by atoms with E-state index in [9.17, 15) is 9.59 Å². The van der Waals surface area contributed by atoms with Crippen LogP contribution >= 0.6 is 0 Å². The number of nitrogens with zero attached hydrogens (tertiary/aromatic N) is 1. The molecule has 1 aromatic carbocycles. The van der Waals surface area contributed by atoms with E-state index in [-0.39, 0.29) is 12.5 Å². The van der Waals surface area contributed by atoms with E-state index in [0.717, 1.165) is 5.56 Å². The van der Waals surface area contributed by atoms with Crippen LogP contribution in [-0.2, 0) is 29.6 Å². The molecule has 26 heavy (non-hydrogen) atoms. The Morgan fingerprint density at radius 2 is 2.08 bits per heavy atom. The second kappa shape index (κ2) is 7.43. The van der Waals surface area contributed by atoms with Crippen LogP contribution in [0.3, 0.4) is 0 Å². The van der Waals surface area contributed by atoms with E-state index in [1.807, 2.05) is 25.1 Å². The molecule has 0 radical (unpaired) electrons. The number of likely N-dealkylation sites (N-methyl/N-ethyl adjacent to an activating group) is 1. The van der Waals surface area contributed by atoms with Gasteiger partial charge in [0.15, 0.2) is 11.7 Å². The van der Waals surface area contributed by atoms with Crippen molar-refractivity contribution >= 4 is 17.6 Å². The zero-order valence-electron chi connectivity index (χ0n) is 14.9. The zero-order valence-corrected chi connectivity index (χ0v) is 14.9. The summed E-state index contributed by atoms with van der Waals surface area (Å²) < 4.78 is 16.8. The topological polar surface area (TPSA) is 65.1 Å². The lowest BCUT2D eigenvalue weighted by Gasteiger charge is -2.27. The van der Waals surface area contributed by atoms with Crippen molar-refractivity contribution in [1.29, 1.82) is 0 Å². The number of esters is 1. The van der Waals surface area contributed by atoms with Crippen molar-refractivity contribution in [3.05, 3.63) is 54.6 Å². The molecule has 1 aromatic rings. The summed E-state index contributed by atoms with van der Waals surface area (Å²) in [6.45, 7) is 10.7. The lowest BCUT2D eigenvalue weighted by atomic mass is 9.94. The largest absolute Gasteiger partial charge is 0.461 e. The molecule has 1 atom stereocenters. The molecule has 2 heterocycles. The Labute approximate surface area is 153 Å². The Hall–Kier alpha value is -2.44. The third kappa shape index (κ3) is 2.95. The quantitative estimate of drug-likeness (QED) is 0.426. The van der Waals surface area contributed by atoms with Crippen molar-refractivity contribution in [2.45, 2.75) is 25.0 Å². The van der Waals surface area contributed by atoms with Crippen molar-refractivity contribution in [2.24, 2.45) is 0 Å². The predicted octanol–water partition coefficient (Wildman–Crippen LogP) is 2.64. The minimum atomic E-state index is -0.980. The molecule has 1 saturated heterocycles. The van der Waals surface area contributed by atoms with Crippen LogP contribution in [0, 0.1) is 0 Å². The fourth-order valence-electron chi connectivity index (χ4n) is 3.50. The highest BCUT2D eigenvalue weighted by molar-refractivity contribution is 6.16. The van der Waals surface area contributed by atoms with Gasteiger partial charge in [-0.2, -0.15) is 0 Å². The van der Waals surface area contributed by atoms with Crippen LogP contribution in [0.5, 0.6) is 0 Å².